The fourth-order valence-electron chi connectivity index (χ4n) is 4.47. The maximum atomic E-state index is 14.0. The number of hydrogen-bond acceptors (Lipinski definition) is 5. The van der Waals surface area contributed by atoms with E-state index in [2.05, 4.69) is 33.1 Å². The lowest BCUT2D eigenvalue weighted by Crippen LogP contribution is -2.51. The van der Waals surface area contributed by atoms with Crippen molar-refractivity contribution in [3.05, 3.63) is 34.9 Å². The molecule has 1 aliphatic heterocycles. The van der Waals surface area contributed by atoms with E-state index in [0.29, 0.717) is 18.7 Å². The maximum Gasteiger partial charge on any atom is 0.220 e. The molecule has 28 heavy (non-hydrogen) atoms. The van der Waals surface area contributed by atoms with Crippen molar-refractivity contribution in [3.8, 4) is 0 Å². The molecular formula is C19H24ClFN6O. The lowest BCUT2D eigenvalue weighted by molar-refractivity contribution is -0.120. The Morgan fingerprint density at radius 2 is 2.07 bits per heavy atom. The van der Waals surface area contributed by atoms with Crippen LogP contribution in [0, 0.1) is 5.82 Å². The molecule has 2 fully saturated rings. The van der Waals surface area contributed by atoms with Crippen molar-refractivity contribution < 1.29 is 9.18 Å². The van der Waals surface area contributed by atoms with E-state index in [-0.39, 0.29) is 16.5 Å². The molecule has 0 atom stereocenters. The monoisotopic (exact) mass is 406 g/mol. The summed E-state index contributed by atoms with van der Waals surface area (Å²) >= 11 is 5.84. The van der Waals surface area contributed by atoms with Gasteiger partial charge in [0.15, 0.2) is 5.82 Å². The summed E-state index contributed by atoms with van der Waals surface area (Å²) in [6, 6.07) is 4.71. The number of tetrazole rings is 1. The number of halogens is 2. The predicted molar refractivity (Wildman–Crippen MR) is 103 cm³/mol. The summed E-state index contributed by atoms with van der Waals surface area (Å²) in [7, 11) is 0. The molecule has 2 aromatic rings. The number of anilines is 1. The topological polar surface area (TPSA) is 84.7 Å². The lowest BCUT2D eigenvalue weighted by atomic mass is 9.71. The van der Waals surface area contributed by atoms with E-state index in [1.165, 1.54) is 6.07 Å². The minimum Gasteiger partial charge on any atom is -0.372 e. The largest absolute Gasteiger partial charge is 0.372 e. The van der Waals surface area contributed by atoms with Crippen molar-refractivity contribution in [1.82, 2.24) is 25.5 Å². The number of benzene rings is 1. The SMILES string of the molecule is CCCn1nnnc1C1(Nc2ccc(Cl)c(F)c2)CCC2(CCC(=O)N2)CC1. The number of carbonyl (C=O) groups excluding carboxylic acids is 1. The first-order valence-electron chi connectivity index (χ1n) is 9.76. The zero-order valence-electron chi connectivity index (χ0n) is 15.8. The summed E-state index contributed by atoms with van der Waals surface area (Å²) in [5.74, 6) is 0.408. The highest BCUT2D eigenvalue weighted by molar-refractivity contribution is 6.30. The molecule has 0 bridgehead atoms. The van der Waals surface area contributed by atoms with Crippen molar-refractivity contribution in [2.75, 3.05) is 5.32 Å². The Balaban J connectivity index is 1.66. The molecule has 1 spiro atoms. The second kappa shape index (κ2) is 7.31. The van der Waals surface area contributed by atoms with Crippen LogP contribution in [-0.2, 0) is 16.9 Å². The van der Waals surface area contributed by atoms with Crippen LogP contribution in [-0.4, -0.2) is 31.7 Å². The van der Waals surface area contributed by atoms with E-state index in [4.69, 9.17) is 11.6 Å². The summed E-state index contributed by atoms with van der Waals surface area (Å²) in [5, 5.41) is 19.1. The third-order valence-electron chi connectivity index (χ3n) is 5.99. The van der Waals surface area contributed by atoms with Crippen LogP contribution in [0.1, 0.15) is 57.7 Å². The molecule has 7 nitrogen and oxygen atoms in total. The van der Waals surface area contributed by atoms with Gasteiger partial charge in [-0.3, -0.25) is 4.79 Å². The molecule has 2 aliphatic rings. The van der Waals surface area contributed by atoms with Gasteiger partial charge >= 0.3 is 0 Å². The number of hydrogen-bond donors (Lipinski definition) is 2. The van der Waals surface area contributed by atoms with E-state index < -0.39 is 11.4 Å². The molecule has 1 aromatic carbocycles. The van der Waals surface area contributed by atoms with Gasteiger partial charge in [0, 0.05) is 24.2 Å². The number of nitrogens with zero attached hydrogens (tertiary/aromatic N) is 4. The average molecular weight is 407 g/mol. The Bertz CT molecular complexity index is 877. The molecular weight excluding hydrogens is 383 g/mol. The fourth-order valence-corrected chi connectivity index (χ4v) is 4.59. The van der Waals surface area contributed by atoms with E-state index in [1.54, 1.807) is 12.1 Å². The standard InChI is InChI=1S/C19H24ClFN6O/c1-2-11-27-17(24-25-26-27)19(22-13-3-4-14(20)15(21)12-13)9-7-18(8-10-19)6-5-16(28)23-18/h3-4,12,22H,2,5-11H2,1H3,(H,23,28). The van der Waals surface area contributed by atoms with Crippen molar-refractivity contribution in [1.29, 1.82) is 0 Å². The number of rotatable bonds is 5. The second-order valence-corrected chi connectivity index (χ2v) is 8.30. The molecule has 2 N–H and O–H groups in total. The van der Waals surface area contributed by atoms with Crippen molar-refractivity contribution in [2.24, 2.45) is 0 Å². The molecule has 9 heteroatoms. The van der Waals surface area contributed by atoms with Crippen LogP contribution in [0.3, 0.4) is 0 Å². The van der Waals surface area contributed by atoms with Gasteiger partial charge in [-0.1, -0.05) is 18.5 Å². The highest BCUT2D eigenvalue weighted by atomic mass is 35.5. The number of amides is 1. The molecule has 1 saturated heterocycles. The van der Waals surface area contributed by atoms with Gasteiger partial charge in [-0.2, -0.15) is 0 Å². The molecule has 150 valence electrons. The van der Waals surface area contributed by atoms with Crippen LogP contribution in [0.25, 0.3) is 0 Å². The number of nitrogens with one attached hydrogen (secondary N) is 2. The van der Waals surface area contributed by atoms with Gasteiger partial charge in [-0.25, -0.2) is 9.07 Å². The Hall–Kier alpha value is -2.22. The minimum atomic E-state index is -0.530. The third-order valence-corrected chi connectivity index (χ3v) is 6.30. The molecule has 0 radical (unpaired) electrons. The number of carbonyl (C=O) groups is 1. The van der Waals surface area contributed by atoms with Crippen LogP contribution in [0.2, 0.25) is 5.02 Å². The Morgan fingerprint density at radius 1 is 1.29 bits per heavy atom. The highest BCUT2D eigenvalue weighted by Crippen LogP contribution is 2.46. The lowest BCUT2D eigenvalue weighted by Gasteiger charge is -2.45. The molecule has 2 heterocycles. The van der Waals surface area contributed by atoms with Crippen LogP contribution < -0.4 is 10.6 Å². The maximum absolute atomic E-state index is 14.0. The third kappa shape index (κ3) is 3.45. The van der Waals surface area contributed by atoms with Crippen molar-refractivity contribution in [2.45, 2.75) is 69.5 Å². The zero-order valence-corrected chi connectivity index (χ0v) is 16.6. The predicted octanol–water partition coefficient (Wildman–Crippen LogP) is 3.41. The molecule has 0 unspecified atom stereocenters. The summed E-state index contributed by atoms with van der Waals surface area (Å²) in [4.78, 5) is 11.8. The summed E-state index contributed by atoms with van der Waals surface area (Å²) in [6.07, 6.45) is 5.46. The molecule has 1 saturated carbocycles. The Morgan fingerprint density at radius 3 is 2.71 bits per heavy atom. The van der Waals surface area contributed by atoms with Gasteiger partial charge in [0.2, 0.25) is 5.91 Å². The van der Waals surface area contributed by atoms with Gasteiger partial charge in [-0.15, -0.1) is 5.10 Å². The van der Waals surface area contributed by atoms with Crippen LogP contribution >= 0.6 is 11.6 Å². The number of aromatic nitrogens is 4. The minimum absolute atomic E-state index is 0.0895. The summed E-state index contributed by atoms with van der Waals surface area (Å²) in [5.41, 5.74) is -0.0343. The van der Waals surface area contributed by atoms with Crippen molar-refractivity contribution in [3.63, 3.8) is 0 Å². The summed E-state index contributed by atoms with van der Waals surface area (Å²) < 4.78 is 15.8. The molecule has 1 aromatic heterocycles. The first-order valence-corrected chi connectivity index (χ1v) is 10.1. The van der Waals surface area contributed by atoms with E-state index in [1.807, 2.05) is 4.68 Å². The Kier molecular flexibility index (Phi) is 4.99. The van der Waals surface area contributed by atoms with Crippen molar-refractivity contribution >= 4 is 23.2 Å². The van der Waals surface area contributed by atoms with Crippen LogP contribution in [0.15, 0.2) is 18.2 Å². The van der Waals surface area contributed by atoms with Gasteiger partial charge in [0.05, 0.1) is 10.6 Å². The quantitative estimate of drug-likeness (QED) is 0.794. The normalized spacial score (nSPS) is 27.2. The van der Waals surface area contributed by atoms with Gasteiger partial charge in [0.1, 0.15) is 5.82 Å². The van der Waals surface area contributed by atoms with E-state index in [9.17, 15) is 9.18 Å². The van der Waals surface area contributed by atoms with Gasteiger partial charge in [0.25, 0.3) is 0 Å². The van der Waals surface area contributed by atoms with E-state index >= 15 is 0 Å². The second-order valence-electron chi connectivity index (χ2n) is 7.89. The zero-order chi connectivity index (χ0) is 19.8. The smallest absolute Gasteiger partial charge is 0.220 e. The van der Waals surface area contributed by atoms with Gasteiger partial charge < -0.3 is 10.6 Å². The molecule has 4 rings (SSSR count). The fraction of sp³-hybridized carbons (Fsp3) is 0.579. The summed E-state index contributed by atoms with van der Waals surface area (Å²) in [6.45, 7) is 2.78. The molecule has 1 aliphatic carbocycles. The first kappa shape index (κ1) is 19.1. The van der Waals surface area contributed by atoms with Crippen LogP contribution in [0.4, 0.5) is 10.1 Å². The Labute approximate surface area is 168 Å². The highest BCUT2D eigenvalue weighted by Gasteiger charge is 2.49. The molecule has 1 amide bonds. The first-order chi connectivity index (χ1) is 13.5. The number of aryl methyl sites for hydroxylation is 1. The van der Waals surface area contributed by atoms with Gasteiger partial charge in [-0.05, 0) is 67.2 Å². The van der Waals surface area contributed by atoms with E-state index in [0.717, 1.165) is 44.3 Å². The van der Waals surface area contributed by atoms with Crippen LogP contribution in [0.5, 0.6) is 0 Å². The average Bonchev–Trinajstić information content (AvgIpc) is 3.29.